The predicted molar refractivity (Wildman–Crippen MR) is 79.4 cm³/mol. The Bertz CT molecular complexity index is 702. The van der Waals surface area contributed by atoms with Gasteiger partial charge in [0, 0.05) is 32.4 Å². The summed E-state index contributed by atoms with van der Waals surface area (Å²) < 4.78 is 1.76. The molecular weight excluding hydrogens is 250 g/mol. The summed E-state index contributed by atoms with van der Waals surface area (Å²) in [6.45, 7) is 1.39. The molecular formula is C15H17N5. The van der Waals surface area contributed by atoms with Crippen LogP contribution >= 0.6 is 0 Å². The lowest BCUT2D eigenvalue weighted by molar-refractivity contribution is 0.876. The van der Waals surface area contributed by atoms with Crippen LogP contribution in [-0.4, -0.2) is 21.6 Å². The van der Waals surface area contributed by atoms with Crippen molar-refractivity contribution in [2.75, 3.05) is 11.9 Å². The number of rotatable bonds is 4. The maximum absolute atomic E-state index is 5.61. The second kappa shape index (κ2) is 5.30. The standard InChI is InChI=1S/C15H17N5/c1-19(11-13-4-2-12(10-16)3-5-13)14-7-9-20-15(18-14)6-8-17-20/h2-9H,10-11,16H2,1H3. The first-order valence-electron chi connectivity index (χ1n) is 6.56. The Hall–Kier alpha value is -2.40. The maximum atomic E-state index is 5.61. The monoisotopic (exact) mass is 267 g/mol. The van der Waals surface area contributed by atoms with E-state index in [2.05, 4.69) is 39.2 Å². The van der Waals surface area contributed by atoms with Gasteiger partial charge >= 0.3 is 0 Å². The van der Waals surface area contributed by atoms with E-state index < -0.39 is 0 Å². The van der Waals surface area contributed by atoms with Gasteiger partial charge in [0.15, 0.2) is 5.65 Å². The second-order valence-electron chi connectivity index (χ2n) is 4.80. The van der Waals surface area contributed by atoms with Gasteiger partial charge in [-0.05, 0) is 17.2 Å². The molecule has 2 heterocycles. The van der Waals surface area contributed by atoms with Gasteiger partial charge in [0.1, 0.15) is 5.82 Å². The van der Waals surface area contributed by atoms with Crippen molar-refractivity contribution >= 4 is 11.5 Å². The van der Waals surface area contributed by atoms with Crippen molar-refractivity contribution in [1.82, 2.24) is 14.6 Å². The van der Waals surface area contributed by atoms with Gasteiger partial charge in [0.25, 0.3) is 0 Å². The largest absolute Gasteiger partial charge is 0.355 e. The Morgan fingerprint density at radius 1 is 1.10 bits per heavy atom. The van der Waals surface area contributed by atoms with Gasteiger partial charge < -0.3 is 10.6 Å². The van der Waals surface area contributed by atoms with Crippen molar-refractivity contribution in [3.63, 3.8) is 0 Å². The minimum absolute atomic E-state index is 0.579. The molecule has 5 heteroatoms. The number of hydrogen-bond acceptors (Lipinski definition) is 4. The maximum Gasteiger partial charge on any atom is 0.157 e. The van der Waals surface area contributed by atoms with Gasteiger partial charge in [-0.3, -0.25) is 0 Å². The van der Waals surface area contributed by atoms with Crippen molar-refractivity contribution in [2.24, 2.45) is 5.73 Å². The van der Waals surface area contributed by atoms with Crippen LogP contribution in [-0.2, 0) is 13.1 Å². The van der Waals surface area contributed by atoms with Crippen LogP contribution < -0.4 is 10.6 Å². The van der Waals surface area contributed by atoms with Crippen molar-refractivity contribution < 1.29 is 0 Å². The van der Waals surface area contributed by atoms with Crippen molar-refractivity contribution in [1.29, 1.82) is 0 Å². The minimum Gasteiger partial charge on any atom is -0.355 e. The quantitative estimate of drug-likeness (QED) is 0.783. The lowest BCUT2D eigenvalue weighted by Gasteiger charge is -2.18. The van der Waals surface area contributed by atoms with E-state index in [-0.39, 0.29) is 0 Å². The third-order valence-electron chi connectivity index (χ3n) is 3.31. The molecule has 0 bridgehead atoms. The fourth-order valence-electron chi connectivity index (χ4n) is 2.15. The average molecular weight is 267 g/mol. The third kappa shape index (κ3) is 2.48. The smallest absolute Gasteiger partial charge is 0.157 e. The van der Waals surface area contributed by atoms with Crippen LogP contribution in [0.4, 0.5) is 5.82 Å². The van der Waals surface area contributed by atoms with Crippen LogP contribution in [0.5, 0.6) is 0 Å². The number of benzene rings is 1. The zero-order valence-corrected chi connectivity index (χ0v) is 11.4. The van der Waals surface area contributed by atoms with Crippen molar-refractivity contribution in [3.05, 3.63) is 59.9 Å². The number of nitrogens with zero attached hydrogens (tertiary/aromatic N) is 4. The molecule has 5 nitrogen and oxygen atoms in total. The van der Waals surface area contributed by atoms with E-state index in [1.165, 1.54) is 5.56 Å². The lowest BCUT2D eigenvalue weighted by atomic mass is 10.1. The zero-order valence-electron chi connectivity index (χ0n) is 11.4. The van der Waals surface area contributed by atoms with E-state index in [1.54, 1.807) is 10.7 Å². The van der Waals surface area contributed by atoms with E-state index in [0.29, 0.717) is 6.54 Å². The van der Waals surface area contributed by atoms with Gasteiger partial charge in [-0.15, -0.1) is 0 Å². The highest BCUT2D eigenvalue weighted by Crippen LogP contribution is 2.14. The second-order valence-corrected chi connectivity index (χ2v) is 4.80. The van der Waals surface area contributed by atoms with Crippen LogP contribution in [0.1, 0.15) is 11.1 Å². The van der Waals surface area contributed by atoms with Crippen LogP contribution in [0.25, 0.3) is 5.65 Å². The highest BCUT2D eigenvalue weighted by Gasteiger charge is 2.05. The Labute approximate surface area is 117 Å². The molecule has 0 amide bonds. The molecule has 0 fully saturated rings. The molecule has 20 heavy (non-hydrogen) atoms. The van der Waals surface area contributed by atoms with Crippen LogP contribution in [0.2, 0.25) is 0 Å². The first-order valence-corrected chi connectivity index (χ1v) is 6.56. The number of anilines is 1. The molecule has 0 unspecified atom stereocenters. The molecule has 0 saturated carbocycles. The molecule has 1 aromatic carbocycles. The number of aromatic nitrogens is 3. The van der Waals surface area contributed by atoms with Gasteiger partial charge in [0.05, 0.1) is 6.20 Å². The van der Waals surface area contributed by atoms with Gasteiger partial charge in [-0.25, -0.2) is 9.50 Å². The summed E-state index contributed by atoms with van der Waals surface area (Å²) in [5, 5.41) is 4.15. The fraction of sp³-hybridized carbons (Fsp3) is 0.200. The van der Waals surface area contributed by atoms with Gasteiger partial charge in [-0.1, -0.05) is 24.3 Å². The normalized spacial score (nSPS) is 10.9. The van der Waals surface area contributed by atoms with E-state index in [4.69, 9.17) is 5.73 Å². The van der Waals surface area contributed by atoms with E-state index in [0.717, 1.165) is 23.6 Å². The fourth-order valence-corrected chi connectivity index (χ4v) is 2.15. The topological polar surface area (TPSA) is 59.5 Å². The van der Waals surface area contributed by atoms with Crippen LogP contribution in [0.15, 0.2) is 48.8 Å². The summed E-state index contributed by atoms with van der Waals surface area (Å²) in [5.74, 6) is 0.931. The SMILES string of the molecule is CN(Cc1ccc(CN)cc1)c1ccn2nccc2n1. The van der Waals surface area contributed by atoms with Crippen molar-refractivity contribution in [2.45, 2.75) is 13.1 Å². The molecule has 0 aliphatic rings. The van der Waals surface area contributed by atoms with Crippen LogP contribution in [0, 0.1) is 0 Å². The molecule has 3 rings (SSSR count). The average Bonchev–Trinajstić information content (AvgIpc) is 2.95. The summed E-state index contributed by atoms with van der Waals surface area (Å²) in [5.41, 5.74) is 8.84. The molecule has 2 aromatic heterocycles. The highest BCUT2D eigenvalue weighted by atomic mass is 15.3. The summed E-state index contributed by atoms with van der Waals surface area (Å²) >= 11 is 0. The highest BCUT2D eigenvalue weighted by molar-refractivity contribution is 5.47. The molecule has 3 aromatic rings. The minimum atomic E-state index is 0.579. The first kappa shape index (κ1) is 12.6. The summed E-state index contributed by atoms with van der Waals surface area (Å²) in [4.78, 5) is 6.69. The Kier molecular flexibility index (Phi) is 3.35. The van der Waals surface area contributed by atoms with E-state index in [1.807, 2.05) is 25.4 Å². The molecule has 0 spiro atoms. The molecule has 0 saturated heterocycles. The predicted octanol–water partition coefficient (Wildman–Crippen LogP) is 1.82. The van der Waals surface area contributed by atoms with Crippen LogP contribution in [0.3, 0.4) is 0 Å². The lowest BCUT2D eigenvalue weighted by Crippen LogP contribution is -2.18. The molecule has 0 radical (unpaired) electrons. The number of nitrogens with two attached hydrogens (primary N) is 1. The molecule has 0 aliphatic carbocycles. The van der Waals surface area contributed by atoms with Crippen molar-refractivity contribution in [3.8, 4) is 0 Å². The molecule has 102 valence electrons. The van der Waals surface area contributed by atoms with E-state index in [9.17, 15) is 0 Å². The summed E-state index contributed by atoms with van der Waals surface area (Å²) in [6, 6.07) is 12.2. The third-order valence-corrected chi connectivity index (χ3v) is 3.31. The molecule has 0 aliphatic heterocycles. The summed E-state index contributed by atoms with van der Waals surface area (Å²) in [6.07, 6.45) is 3.67. The Balaban J connectivity index is 1.78. The first-order chi connectivity index (χ1) is 9.76. The summed E-state index contributed by atoms with van der Waals surface area (Å²) in [7, 11) is 2.03. The number of hydrogen-bond donors (Lipinski definition) is 1. The Morgan fingerprint density at radius 2 is 1.85 bits per heavy atom. The molecule has 2 N–H and O–H groups in total. The van der Waals surface area contributed by atoms with E-state index >= 15 is 0 Å². The number of fused-ring (bicyclic) bond motifs is 1. The zero-order chi connectivity index (χ0) is 13.9. The van der Waals surface area contributed by atoms with Gasteiger partial charge in [0.2, 0.25) is 0 Å². The van der Waals surface area contributed by atoms with Gasteiger partial charge in [-0.2, -0.15) is 5.10 Å². The molecule has 0 atom stereocenters. The Morgan fingerprint density at radius 3 is 2.60 bits per heavy atom.